The Balaban J connectivity index is 2.35. The molecule has 20 heavy (non-hydrogen) atoms. The van der Waals surface area contributed by atoms with E-state index in [1.807, 2.05) is 6.92 Å². The van der Waals surface area contributed by atoms with Crippen molar-refractivity contribution in [3.8, 4) is 0 Å². The highest BCUT2D eigenvalue weighted by atomic mass is 16.5. The maximum absolute atomic E-state index is 11.6. The highest BCUT2D eigenvalue weighted by molar-refractivity contribution is 5.87. The predicted molar refractivity (Wildman–Crippen MR) is 74.7 cm³/mol. The summed E-state index contributed by atoms with van der Waals surface area (Å²) in [5.74, 6) is -0.965. The first-order valence-corrected chi connectivity index (χ1v) is 6.43. The molecule has 6 heteroatoms. The molecule has 3 N–H and O–H groups in total. The number of carboxylic acid groups (broad SMARTS) is 1. The van der Waals surface area contributed by atoms with Gasteiger partial charge in [0.2, 0.25) is 0 Å². The zero-order valence-corrected chi connectivity index (χ0v) is 11.7. The lowest BCUT2D eigenvalue weighted by atomic mass is 10.1. The van der Waals surface area contributed by atoms with Crippen molar-refractivity contribution in [1.29, 1.82) is 0 Å². The molecular weight excluding hydrogens is 260 g/mol. The van der Waals surface area contributed by atoms with Crippen molar-refractivity contribution in [2.75, 3.05) is 13.7 Å². The molecule has 1 aromatic carbocycles. The summed E-state index contributed by atoms with van der Waals surface area (Å²) in [5, 5.41) is 14.2. The van der Waals surface area contributed by atoms with E-state index in [-0.39, 0.29) is 17.7 Å². The van der Waals surface area contributed by atoms with Crippen molar-refractivity contribution in [3.63, 3.8) is 0 Å². The minimum atomic E-state index is -0.965. The first-order chi connectivity index (χ1) is 9.56. The summed E-state index contributed by atoms with van der Waals surface area (Å²) in [6, 6.07) is 6.09. The van der Waals surface area contributed by atoms with Crippen LogP contribution >= 0.6 is 0 Å². The molecule has 0 saturated heterocycles. The molecule has 0 aliphatic rings. The maximum atomic E-state index is 11.6. The Bertz CT molecular complexity index is 441. The smallest absolute Gasteiger partial charge is 0.335 e. The van der Waals surface area contributed by atoms with Crippen molar-refractivity contribution >= 4 is 12.0 Å². The number of carbonyl (C=O) groups excluding carboxylic acids is 1. The number of carbonyl (C=O) groups is 2. The second kappa shape index (κ2) is 8.16. The van der Waals surface area contributed by atoms with Crippen LogP contribution in [0, 0.1) is 0 Å². The van der Waals surface area contributed by atoms with Crippen LogP contribution in [0.1, 0.15) is 29.3 Å². The highest BCUT2D eigenvalue weighted by Gasteiger charge is 2.07. The molecule has 6 nitrogen and oxygen atoms in total. The summed E-state index contributed by atoms with van der Waals surface area (Å²) < 4.78 is 5.15. The van der Waals surface area contributed by atoms with Gasteiger partial charge in [0.05, 0.1) is 11.7 Å². The number of carboxylic acids is 1. The third kappa shape index (κ3) is 5.27. The average Bonchev–Trinajstić information content (AvgIpc) is 2.46. The van der Waals surface area contributed by atoms with Crippen molar-refractivity contribution in [2.24, 2.45) is 0 Å². The largest absolute Gasteiger partial charge is 0.478 e. The number of methoxy groups -OCH3 is 1. The number of urea groups is 1. The SMILES string of the molecule is CCC(CNC(=O)NCc1ccc(C(=O)O)cc1)OC. The van der Waals surface area contributed by atoms with E-state index < -0.39 is 5.97 Å². The van der Waals surface area contributed by atoms with Crippen LogP contribution in [0.3, 0.4) is 0 Å². The van der Waals surface area contributed by atoms with Crippen molar-refractivity contribution in [1.82, 2.24) is 10.6 Å². The van der Waals surface area contributed by atoms with E-state index in [2.05, 4.69) is 10.6 Å². The molecule has 0 heterocycles. The van der Waals surface area contributed by atoms with E-state index in [1.165, 1.54) is 12.1 Å². The van der Waals surface area contributed by atoms with Gasteiger partial charge in [-0.25, -0.2) is 9.59 Å². The van der Waals surface area contributed by atoms with Gasteiger partial charge >= 0.3 is 12.0 Å². The first-order valence-electron chi connectivity index (χ1n) is 6.43. The van der Waals surface area contributed by atoms with E-state index >= 15 is 0 Å². The van der Waals surface area contributed by atoms with E-state index in [1.54, 1.807) is 19.2 Å². The zero-order valence-electron chi connectivity index (χ0n) is 11.7. The van der Waals surface area contributed by atoms with Crippen molar-refractivity contribution < 1.29 is 19.4 Å². The van der Waals surface area contributed by atoms with Crippen LogP contribution in [0.2, 0.25) is 0 Å². The van der Waals surface area contributed by atoms with Gasteiger partial charge in [-0.2, -0.15) is 0 Å². The number of ether oxygens (including phenoxy) is 1. The highest BCUT2D eigenvalue weighted by Crippen LogP contribution is 2.04. The summed E-state index contributed by atoms with van der Waals surface area (Å²) in [4.78, 5) is 22.2. The second-order valence-corrected chi connectivity index (χ2v) is 4.33. The molecule has 0 bridgehead atoms. The van der Waals surface area contributed by atoms with Gasteiger partial charge in [0.1, 0.15) is 0 Å². The Morgan fingerprint density at radius 3 is 2.40 bits per heavy atom. The molecule has 0 saturated carbocycles. The molecule has 0 fully saturated rings. The van der Waals surface area contributed by atoms with Crippen LogP contribution < -0.4 is 10.6 Å². The summed E-state index contributed by atoms with van der Waals surface area (Å²) in [6.45, 7) is 2.78. The van der Waals surface area contributed by atoms with Crippen LogP contribution in [0.4, 0.5) is 4.79 Å². The number of hydrogen-bond donors (Lipinski definition) is 3. The van der Waals surface area contributed by atoms with Crippen molar-refractivity contribution in [3.05, 3.63) is 35.4 Å². The minimum Gasteiger partial charge on any atom is -0.478 e. The molecule has 0 radical (unpaired) electrons. The predicted octanol–water partition coefficient (Wildman–Crippen LogP) is 1.61. The minimum absolute atomic E-state index is 0.00981. The molecule has 110 valence electrons. The Labute approximate surface area is 118 Å². The molecule has 1 aromatic rings. The molecular formula is C14H20N2O4. The molecule has 1 unspecified atom stereocenters. The molecule has 1 atom stereocenters. The van der Waals surface area contributed by atoms with E-state index in [4.69, 9.17) is 9.84 Å². The lowest BCUT2D eigenvalue weighted by molar-refractivity contribution is 0.0697. The zero-order chi connectivity index (χ0) is 15.0. The van der Waals surface area contributed by atoms with Crippen LogP contribution in [0.15, 0.2) is 24.3 Å². The fourth-order valence-electron chi connectivity index (χ4n) is 1.61. The quantitative estimate of drug-likeness (QED) is 0.708. The van der Waals surface area contributed by atoms with Crippen LogP contribution in [0.5, 0.6) is 0 Å². The van der Waals surface area contributed by atoms with Gasteiger partial charge < -0.3 is 20.5 Å². The van der Waals surface area contributed by atoms with Gasteiger partial charge in [0.15, 0.2) is 0 Å². The lowest BCUT2D eigenvalue weighted by Gasteiger charge is -2.14. The first kappa shape index (κ1) is 16.0. The summed E-state index contributed by atoms with van der Waals surface area (Å²) in [7, 11) is 1.61. The molecule has 1 rings (SSSR count). The Hall–Kier alpha value is -2.08. The fraction of sp³-hybridized carbons (Fsp3) is 0.429. The van der Waals surface area contributed by atoms with Gasteiger partial charge in [-0.3, -0.25) is 0 Å². The summed E-state index contributed by atoms with van der Waals surface area (Å²) >= 11 is 0. The number of nitrogens with one attached hydrogen (secondary N) is 2. The summed E-state index contributed by atoms with van der Waals surface area (Å²) in [5.41, 5.74) is 1.06. The number of rotatable bonds is 7. The number of benzene rings is 1. The standard InChI is InChI=1S/C14H20N2O4/c1-3-12(20-2)9-16-14(19)15-8-10-4-6-11(7-5-10)13(17)18/h4-7,12H,3,8-9H2,1-2H3,(H,17,18)(H2,15,16,19). The molecule has 0 aliphatic carbocycles. The van der Waals surface area contributed by atoms with Gasteiger partial charge in [-0.05, 0) is 24.1 Å². The van der Waals surface area contributed by atoms with E-state index in [9.17, 15) is 9.59 Å². The maximum Gasteiger partial charge on any atom is 0.335 e. The van der Waals surface area contributed by atoms with Gasteiger partial charge in [-0.1, -0.05) is 19.1 Å². The molecule has 0 aliphatic heterocycles. The summed E-state index contributed by atoms with van der Waals surface area (Å²) in [6.07, 6.45) is 0.837. The van der Waals surface area contributed by atoms with E-state index in [0.29, 0.717) is 13.1 Å². The monoisotopic (exact) mass is 280 g/mol. The Morgan fingerprint density at radius 2 is 1.90 bits per heavy atom. The third-order valence-corrected chi connectivity index (χ3v) is 2.93. The number of hydrogen-bond acceptors (Lipinski definition) is 3. The van der Waals surface area contributed by atoms with Crippen LogP contribution in [0.25, 0.3) is 0 Å². The van der Waals surface area contributed by atoms with Gasteiger partial charge in [0, 0.05) is 20.2 Å². The topological polar surface area (TPSA) is 87.7 Å². The van der Waals surface area contributed by atoms with Crippen LogP contribution in [-0.4, -0.2) is 36.9 Å². The number of aromatic carboxylic acids is 1. The number of amides is 2. The third-order valence-electron chi connectivity index (χ3n) is 2.93. The van der Waals surface area contributed by atoms with E-state index in [0.717, 1.165) is 12.0 Å². The molecule has 0 aromatic heterocycles. The molecule has 0 spiro atoms. The normalized spacial score (nSPS) is 11.7. The fourth-order valence-corrected chi connectivity index (χ4v) is 1.61. The van der Waals surface area contributed by atoms with Crippen LogP contribution in [-0.2, 0) is 11.3 Å². The average molecular weight is 280 g/mol. The Morgan fingerprint density at radius 1 is 1.25 bits per heavy atom. The van der Waals surface area contributed by atoms with Crippen molar-refractivity contribution in [2.45, 2.75) is 26.0 Å². The Kier molecular flexibility index (Phi) is 6.52. The molecule has 2 amide bonds. The van der Waals surface area contributed by atoms with Gasteiger partial charge in [0.25, 0.3) is 0 Å². The lowest BCUT2D eigenvalue weighted by Crippen LogP contribution is -2.39. The second-order valence-electron chi connectivity index (χ2n) is 4.33. The van der Waals surface area contributed by atoms with Gasteiger partial charge in [-0.15, -0.1) is 0 Å².